The van der Waals surface area contributed by atoms with Gasteiger partial charge in [0.2, 0.25) is 0 Å². The molecule has 0 atom stereocenters. The van der Waals surface area contributed by atoms with E-state index in [-0.39, 0.29) is 5.69 Å². The summed E-state index contributed by atoms with van der Waals surface area (Å²) in [6.07, 6.45) is 2.95. The van der Waals surface area contributed by atoms with Crippen LogP contribution >= 0.6 is 15.9 Å². The lowest BCUT2D eigenvalue weighted by Crippen LogP contribution is -2.11. The number of aromatic nitrogens is 4. The summed E-state index contributed by atoms with van der Waals surface area (Å²) >= 11 is 3.22. The Bertz CT molecular complexity index is 445. The van der Waals surface area contributed by atoms with E-state index in [0.717, 1.165) is 4.47 Å². The Labute approximate surface area is 69.2 Å². The zero-order chi connectivity index (χ0) is 7.84. The maximum Gasteiger partial charge on any atom is 0.348 e. The molecule has 0 radical (unpaired) electrons. The van der Waals surface area contributed by atoms with E-state index >= 15 is 0 Å². The first kappa shape index (κ1) is 6.53. The minimum atomic E-state index is -0.376. The molecule has 0 aliphatic heterocycles. The molecule has 0 fully saturated rings. The SMILES string of the molecule is O=c1ncn2ncc(Br)c2[nH]1. The number of hydrogen-bond acceptors (Lipinski definition) is 3. The number of nitrogens with one attached hydrogen (secondary N) is 1. The van der Waals surface area contributed by atoms with Crippen LogP contribution in [0.2, 0.25) is 0 Å². The molecule has 0 aromatic carbocycles. The summed E-state index contributed by atoms with van der Waals surface area (Å²) in [7, 11) is 0. The molecule has 0 unspecified atom stereocenters. The lowest BCUT2D eigenvalue weighted by molar-refractivity contribution is 0.871. The normalized spacial score (nSPS) is 10.6. The van der Waals surface area contributed by atoms with Crippen LogP contribution < -0.4 is 5.69 Å². The largest absolute Gasteiger partial charge is 0.348 e. The second-order valence-corrected chi connectivity index (χ2v) is 2.81. The Morgan fingerprint density at radius 1 is 1.64 bits per heavy atom. The third-order valence-corrected chi connectivity index (χ3v) is 1.84. The van der Waals surface area contributed by atoms with E-state index in [4.69, 9.17) is 0 Å². The quantitative estimate of drug-likeness (QED) is 0.681. The zero-order valence-electron chi connectivity index (χ0n) is 5.28. The van der Waals surface area contributed by atoms with E-state index in [2.05, 4.69) is 31.0 Å². The lowest BCUT2D eigenvalue weighted by Gasteiger charge is -1.88. The number of H-pyrrole nitrogens is 1. The van der Waals surface area contributed by atoms with Crippen LogP contribution in [0.5, 0.6) is 0 Å². The van der Waals surface area contributed by atoms with Crippen LogP contribution in [0.4, 0.5) is 0 Å². The average molecular weight is 215 g/mol. The molecular weight excluding hydrogens is 212 g/mol. The second-order valence-electron chi connectivity index (χ2n) is 1.96. The lowest BCUT2D eigenvalue weighted by atomic mass is 10.7. The topological polar surface area (TPSA) is 63.1 Å². The molecule has 0 bridgehead atoms. The van der Waals surface area contributed by atoms with E-state index in [1.807, 2.05) is 0 Å². The summed E-state index contributed by atoms with van der Waals surface area (Å²) in [6.45, 7) is 0. The number of aromatic amines is 1. The van der Waals surface area contributed by atoms with Crippen LogP contribution in [0.1, 0.15) is 0 Å². The van der Waals surface area contributed by atoms with Crippen LogP contribution in [0.25, 0.3) is 5.65 Å². The highest BCUT2D eigenvalue weighted by Crippen LogP contribution is 2.11. The van der Waals surface area contributed by atoms with E-state index in [0.29, 0.717) is 5.65 Å². The Balaban J connectivity index is 2.98. The molecule has 0 aliphatic rings. The summed E-state index contributed by atoms with van der Waals surface area (Å²) in [5, 5.41) is 3.90. The predicted molar refractivity (Wildman–Crippen MR) is 41.3 cm³/mol. The highest BCUT2D eigenvalue weighted by molar-refractivity contribution is 9.10. The maximum absolute atomic E-state index is 10.7. The third-order valence-electron chi connectivity index (χ3n) is 1.26. The number of rotatable bonds is 0. The molecule has 2 heterocycles. The predicted octanol–water partition coefficient (Wildman–Crippen LogP) is 0.180. The molecule has 2 aromatic rings. The zero-order valence-corrected chi connectivity index (χ0v) is 6.87. The van der Waals surface area contributed by atoms with Gasteiger partial charge in [0.05, 0.1) is 10.7 Å². The summed E-state index contributed by atoms with van der Waals surface area (Å²) in [5.74, 6) is 0. The first-order chi connectivity index (χ1) is 5.27. The van der Waals surface area contributed by atoms with Crippen molar-refractivity contribution in [3.05, 3.63) is 27.5 Å². The number of fused-ring (bicyclic) bond motifs is 1. The molecule has 0 amide bonds. The van der Waals surface area contributed by atoms with E-state index in [9.17, 15) is 4.79 Å². The van der Waals surface area contributed by atoms with Crippen molar-refractivity contribution in [3.63, 3.8) is 0 Å². The van der Waals surface area contributed by atoms with Crippen LogP contribution in [0, 0.1) is 0 Å². The Morgan fingerprint density at radius 3 is 3.27 bits per heavy atom. The average Bonchev–Trinajstić information content (AvgIpc) is 2.33. The van der Waals surface area contributed by atoms with Crippen LogP contribution in [-0.4, -0.2) is 19.6 Å². The van der Waals surface area contributed by atoms with Crippen molar-refractivity contribution in [1.29, 1.82) is 0 Å². The molecule has 1 N–H and O–H groups in total. The monoisotopic (exact) mass is 214 g/mol. The van der Waals surface area contributed by atoms with Gasteiger partial charge >= 0.3 is 5.69 Å². The fraction of sp³-hybridized carbons (Fsp3) is 0. The summed E-state index contributed by atoms with van der Waals surface area (Å²) in [6, 6.07) is 0. The van der Waals surface area contributed by atoms with Crippen LogP contribution in [0.15, 0.2) is 21.8 Å². The molecule has 5 nitrogen and oxygen atoms in total. The van der Waals surface area contributed by atoms with Gasteiger partial charge in [0, 0.05) is 0 Å². The van der Waals surface area contributed by atoms with Gasteiger partial charge in [-0.05, 0) is 15.9 Å². The van der Waals surface area contributed by atoms with Gasteiger partial charge in [0.25, 0.3) is 0 Å². The van der Waals surface area contributed by atoms with Crippen molar-refractivity contribution in [2.45, 2.75) is 0 Å². The third kappa shape index (κ3) is 0.949. The second kappa shape index (κ2) is 2.16. The molecule has 2 aromatic heterocycles. The molecule has 0 saturated heterocycles. The van der Waals surface area contributed by atoms with Gasteiger partial charge in [-0.25, -0.2) is 9.31 Å². The van der Waals surface area contributed by atoms with Crippen molar-refractivity contribution in [2.24, 2.45) is 0 Å². The highest BCUT2D eigenvalue weighted by atomic mass is 79.9. The standard InChI is InChI=1S/C5H3BrN4O/c6-3-1-8-10-2-7-5(11)9-4(3)10/h1-2H,(H,9,11). The minimum Gasteiger partial charge on any atom is -0.289 e. The minimum absolute atomic E-state index is 0.376. The van der Waals surface area contributed by atoms with Gasteiger partial charge in [-0.2, -0.15) is 10.1 Å². The van der Waals surface area contributed by atoms with Crippen molar-refractivity contribution in [1.82, 2.24) is 19.6 Å². The highest BCUT2D eigenvalue weighted by Gasteiger charge is 1.99. The van der Waals surface area contributed by atoms with Gasteiger partial charge in [-0.1, -0.05) is 0 Å². The number of halogens is 1. The summed E-state index contributed by atoms with van der Waals surface area (Å²) < 4.78 is 2.22. The fourth-order valence-corrected chi connectivity index (χ4v) is 1.16. The summed E-state index contributed by atoms with van der Waals surface area (Å²) in [4.78, 5) is 16.7. The van der Waals surface area contributed by atoms with E-state index < -0.39 is 0 Å². The molecule has 2 rings (SSSR count). The summed E-state index contributed by atoms with van der Waals surface area (Å²) in [5.41, 5.74) is 0.240. The van der Waals surface area contributed by atoms with Gasteiger partial charge in [-0.3, -0.25) is 4.98 Å². The van der Waals surface area contributed by atoms with Crippen molar-refractivity contribution >= 4 is 21.6 Å². The first-order valence-corrected chi connectivity index (χ1v) is 3.65. The molecule has 0 saturated carbocycles. The number of hydrogen-bond donors (Lipinski definition) is 1. The molecule has 11 heavy (non-hydrogen) atoms. The first-order valence-electron chi connectivity index (χ1n) is 2.85. The fourth-order valence-electron chi connectivity index (χ4n) is 0.786. The molecular formula is C5H3BrN4O. The smallest absolute Gasteiger partial charge is 0.289 e. The Morgan fingerprint density at radius 2 is 2.45 bits per heavy atom. The Hall–Kier alpha value is -1.17. The maximum atomic E-state index is 10.7. The van der Waals surface area contributed by atoms with Gasteiger partial charge in [0.1, 0.15) is 6.33 Å². The van der Waals surface area contributed by atoms with Crippen LogP contribution in [-0.2, 0) is 0 Å². The van der Waals surface area contributed by atoms with E-state index in [1.165, 1.54) is 10.8 Å². The van der Waals surface area contributed by atoms with E-state index in [1.54, 1.807) is 6.20 Å². The van der Waals surface area contributed by atoms with Gasteiger partial charge in [0.15, 0.2) is 5.65 Å². The molecule has 56 valence electrons. The van der Waals surface area contributed by atoms with Crippen LogP contribution in [0.3, 0.4) is 0 Å². The van der Waals surface area contributed by atoms with Crippen molar-refractivity contribution < 1.29 is 0 Å². The van der Waals surface area contributed by atoms with Crippen molar-refractivity contribution in [3.8, 4) is 0 Å². The molecule has 6 heteroatoms. The van der Waals surface area contributed by atoms with Crippen molar-refractivity contribution in [2.75, 3.05) is 0 Å². The molecule has 0 aliphatic carbocycles. The Kier molecular flexibility index (Phi) is 1.28. The number of nitrogens with zero attached hydrogens (tertiary/aromatic N) is 3. The van der Waals surface area contributed by atoms with Gasteiger partial charge < -0.3 is 0 Å². The molecule has 0 spiro atoms. The van der Waals surface area contributed by atoms with Gasteiger partial charge in [-0.15, -0.1) is 0 Å².